The second-order valence-electron chi connectivity index (χ2n) is 6.90. The first-order valence-electron chi connectivity index (χ1n) is 8.30. The standard InChI is InChI=1S/C22H21NO/c1-21(2)19-15-9-10-16-20(19)23(24)22(21,17-11-5-3-6-12-17)18-13-7-4-8-14-18/h3-16,24H,1-2H3. The molecule has 0 unspecified atom stereocenters. The van der Waals surface area contributed by atoms with E-state index in [0.29, 0.717) is 0 Å². The van der Waals surface area contributed by atoms with Gasteiger partial charge in [0.1, 0.15) is 5.54 Å². The number of hydrogen-bond donors (Lipinski definition) is 1. The molecule has 1 aliphatic rings. The first kappa shape index (κ1) is 15.0. The van der Waals surface area contributed by atoms with Crippen LogP contribution in [0.4, 0.5) is 5.69 Å². The van der Waals surface area contributed by atoms with Gasteiger partial charge in [0.25, 0.3) is 0 Å². The second-order valence-corrected chi connectivity index (χ2v) is 6.90. The number of hydroxylamine groups is 1. The Morgan fingerprint density at radius 2 is 1.12 bits per heavy atom. The lowest BCUT2D eigenvalue weighted by atomic mass is 9.64. The third-order valence-electron chi connectivity index (χ3n) is 5.41. The number of anilines is 1. The number of nitrogens with zero attached hydrogens (tertiary/aromatic N) is 1. The third kappa shape index (κ3) is 1.75. The highest BCUT2D eigenvalue weighted by Gasteiger charge is 2.59. The summed E-state index contributed by atoms with van der Waals surface area (Å²) in [5.74, 6) is 0. The van der Waals surface area contributed by atoms with Crippen LogP contribution in [-0.2, 0) is 11.0 Å². The fraction of sp³-hybridized carbons (Fsp3) is 0.182. The molecule has 0 aromatic heterocycles. The summed E-state index contributed by atoms with van der Waals surface area (Å²) >= 11 is 0. The molecule has 0 amide bonds. The quantitative estimate of drug-likeness (QED) is 0.709. The van der Waals surface area contributed by atoms with Crippen LogP contribution in [0, 0.1) is 0 Å². The number of benzene rings is 3. The van der Waals surface area contributed by atoms with Crippen molar-refractivity contribution in [3.05, 3.63) is 102 Å². The van der Waals surface area contributed by atoms with Crippen molar-refractivity contribution >= 4 is 5.69 Å². The predicted octanol–water partition coefficient (Wildman–Crippen LogP) is 5.12. The number of fused-ring (bicyclic) bond motifs is 1. The highest BCUT2D eigenvalue weighted by atomic mass is 16.5. The Balaban J connectivity index is 2.10. The zero-order valence-corrected chi connectivity index (χ0v) is 14.0. The van der Waals surface area contributed by atoms with Gasteiger partial charge in [0.05, 0.1) is 5.69 Å². The molecule has 0 saturated heterocycles. The number of hydrogen-bond acceptors (Lipinski definition) is 2. The van der Waals surface area contributed by atoms with E-state index in [1.807, 2.05) is 54.6 Å². The van der Waals surface area contributed by atoms with E-state index in [-0.39, 0.29) is 5.41 Å². The molecule has 0 saturated carbocycles. The fourth-order valence-corrected chi connectivity index (χ4v) is 4.32. The molecule has 0 atom stereocenters. The molecule has 0 aliphatic carbocycles. The third-order valence-corrected chi connectivity index (χ3v) is 5.41. The van der Waals surface area contributed by atoms with Crippen molar-refractivity contribution in [1.82, 2.24) is 0 Å². The summed E-state index contributed by atoms with van der Waals surface area (Å²) in [6.45, 7) is 4.42. The van der Waals surface area contributed by atoms with Crippen molar-refractivity contribution in [2.75, 3.05) is 5.06 Å². The van der Waals surface area contributed by atoms with Crippen molar-refractivity contribution in [1.29, 1.82) is 0 Å². The Morgan fingerprint density at radius 1 is 0.667 bits per heavy atom. The molecule has 0 radical (unpaired) electrons. The zero-order valence-electron chi connectivity index (χ0n) is 14.0. The van der Waals surface area contributed by atoms with Crippen molar-refractivity contribution in [3.8, 4) is 0 Å². The Kier molecular flexibility index (Phi) is 3.26. The molecule has 0 bridgehead atoms. The smallest absolute Gasteiger partial charge is 0.126 e. The summed E-state index contributed by atoms with van der Waals surface area (Å²) < 4.78 is 0. The largest absolute Gasteiger partial charge is 0.287 e. The van der Waals surface area contributed by atoms with Crippen LogP contribution in [0.25, 0.3) is 0 Å². The maximum atomic E-state index is 11.4. The number of para-hydroxylation sites is 1. The van der Waals surface area contributed by atoms with Gasteiger partial charge in [0.15, 0.2) is 0 Å². The highest BCUT2D eigenvalue weighted by Crippen LogP contribution is 2.58. The Labute approximate surface area is 143 Å². The van der Waals surface area contributed by atoms with Gasteiger partial charge >= 0.3 is 0 Å². The fourth-order valence-electron chi connectivity index (χ4n) is 4.32. The Bertz CT molecular complexity index is 816. The molecule has 3 aromatic rings. The van der Waals surface area contributed by atoms with Crippen LogP contribution in [0.2, 0.25) is 0 Å². The van der Waals surface area contributed by atoms with Gasteiger partial charge in [-0.05, 0) is 22.8 Å². The molecule has 0 spiro atoms. The Hall–Kier alpha value is -2.58. The first-order chi connectivity index (χ1) is 11.6. The lowest BCUT2D eigenvalue weighted by molar-refractivity contribution is 0.141. The van der Waals surface area contributed by atoms with Crippen LogP contribution in [0.3, 0.4) is 0 Å². The molecule has 2 heteroatoms. The minimum atomic E-state index is -0.667. The van der Waals surface area contributed by atoms with Gasteiger partial charge in [-0.1, -0.05) is 92.7 Å². The van der Waals surface area contributed by atoms with Crippen LogP contribution >= 0.6 is 0 Å². The summed E-state index contributed by atoms with van der Waals surface area (Å²) in [5, 5.41) is 12.8. The molecule has 2 nitrogen and oxygen atoms in total. The predicted molar refractivity (Wildman–Crippen MR) is 97.4 cm³/mol. The summed E-state index contributed by atoms with van der Waals surface area (Å²) in [7, 11) is 0. The van der Waals surface area contributed by atoms with Gasteiger partial charge < -0.3 is 0 Å². The summed E-state index contributed by atoms with van der Waals surface area (Å²) in [5.41, 5.74) is 3.22. The van der Waals surface area contributed by atoms with Gasteiger partial charge in [-0.3, -0.25) is 5.21 Å². The van der Waals surface area contributed by atoms with E-state index < -0.39 is 5.54 Å². The van der Waals surface area contributed by atoms with E-state index in [2.05, 4.69) is 44.2 Å². The molecule has 0 fully saturated rings. The summed E-state index contributed by atoms with van der Waals surface area (Å²) in [4.78, 5) is 0. The van der Waals surface area contributed by atoms with E-state index in [1.54, 1.807) is 0 Å². The van der Waals surface area contributed by atoms with Crippen molar-refractivity contribution in [2.45, 2.75) is 24.8 Å². The molecule has 1 aliphatic heterocycles. The average molecular weight is 315 g/mol. The molecule has 1 N–H and O–H groups in total. The second kappa shape index (κ2) is 5.22. The van der Waals surface area contributed by atoms with Gasteiger partial charge in [-0.15, -0.1) is 0 Å². The molecule has 120 valence electrons. The van der Waals surface area contributed by atoms with Gasteiger partial charge in [0.2, 0.25) is 0 Å². The highest BCUT2D eigenvalue weighted by molar-refractivity contribution is 5.70. The van der Waals surface area contributed by atoms with E-state index in [0.717, 1.165) is 22.4 Å². The van der Waals surface area contributed by atoms with Crippen molar-refractivity contribution in [2.24, 2.45) is 0 Å². The molecule has 4 rings (SSSR count). The maximum Gasteiger partial charge on any atom is 0.126 e. The van der Waals surface area contributed by atoms with Crippen LogP contribution in [0.5, 0.6) is 0 Å². The van der Waals surface area contributed by atoms with Crippen molar-refractivity contribution in [3.63, 3.8) is 0 Å². The minimum absolute atomic E-state index is 0.305. The molecule has 24 heavy (non-hydrogen) atoms. The topological polar surface area (TPSA) is 23.5 Å². The monoisotopic (exact) mass is 315 g/mol. The molecule has 1 heterocycles. The average Bonchev–Trinajstić information content (AvgIpc) is 2.81. The van der Waals surface area contributed by atoms with E-state index in [4.69, 9.17) is 0 Å². The van der Waals surface area contributed by atoms with E-state index >= 15 is 0 Å². The lowest BCUT2D eigenvalue weighted by Crippen LogP contribution is -2.52. The number of rotatable bonds is 2. The summed E-state index contributed by atoms with van der Waals surface area (Å²) in [6, 6.07) is 28.7. The van der Waals surface area contributed by atoms with Crippen LogP contribution in [0.15, 0.2) is 84.9 Å². The van der Waals surface area contributed by atoms with E-state index in [9.17, 15) is 5.21 Å². The lowest BCUT2D eigenvalue weighted by Gasteiger charge is -2.46. The van der Waals surface area contributed by atoms with Crippen LogP contribution in [-0.4, -0.2) is 5.21 Å². The minimum Gasteiger partial charge on any atom is -0.287 e. The zero-order chi connectivity index (χ0) is 16.8. The van der Waals surface area contributed by atoms with E-state index in [1.165, 1.54) is 5.06 Å². The van der Waals surface area contributed by atoms with Gasteiger partial charge in [-0.25, -0.2) is 5.06 Å². The molecule has 3 aromatic carbocycles. The molecular weight excluding hydrogens is 294 g/mol. The maximum absolute atomic E-state index is 11.4. The SMILES string of the molecule is CC1(C)c2ccccc2N(O)C1(c1ccccc1)c1ccccc1. The normalized spacial score (nSPS) is 17.5. The van der Waals surface area contributed by atoms with Crippen molar-refractivity contribution < 1.29 is 5.21 Å². The van der Waals surface area contributed by atoms with Gasteiger partial charge in [0, 0.05) is 5.41 Å². The van der Waals surface area contributed by atoms with Crippen LogP contribution < -0.4 is 5.06 Å². The van der Waals surface area contributed by atoms with Crippen LogP contribution in [0.1, 0.15) is 30.5 Å². The first-order valence-corrected chi connectivity index (χ1v) is 8.30. The van der Waals surface area contributed by atoms with Gasteiger partial charge in [-0.2, -0.15) is 0 Å². The molecular formula is C22H21NO. The Morgan fingerprint density at radius 3 is 1.62 bits per heavy atom. The summed E-state index contributed by atoms with van der Waals surface area (Å²) in [6.07, 6.45) is 0.